The minimum Gasteiger partial charge on any atom is -0.334 e. The lowest BCUT2D eigenvalue weighted by Gasteiger charge is -2.34. The molecule has 1 aromatic carbocycles. The van der Waals surface area contributed by atoms with Gasteiger partial charge in [-0.1, -0.05) is 6.07 Å². The molecule has 0 atom stereocenters. The van der Waals surface area contributed by atoms with E-state index in [-0.39, 0.29) is 24.2 Å². The van der Waals surface area contributed by atoms with Gasteiger partial charge in [-0.15, -0.1) is 0 Å². The van der Waals surface area contributed by atoms with Crippen molar-refractivity contribution in [2.45, 2.75) is 42.9 Å². The molecule has 5 nitrogen and oxygen atoms in total. The number of amides is 2. The first-order valence-electron chi connectivity index (χ1n) is 7.41. The highest BCUT2D eigenvalue weighted by Crippen LogP contribution is 2.34. The van der Waals surface area contributed by atoms with Crippen LogP contribution in [0.3, 0.4) is 0 Å². The number of alkyl halides is 3. The molecular weight excluding hydrogens is 345 g/mol. The maximum Gasteiger partial charge on any atom is 0.417 e. The summed E-state index contributed by atoms with van der Waals surface area (Å²) in [6.07, 6.45) is -1.16. The van der Waals surface area contributed by atoms with Gasteiger partial charge in [0, 0.05) is 25.9 Å². The van der Waals surface area contributed by atoms with Gasteiger partial charge >= 0.3 is 12.2 Å². The normalized spacial score (nSPS) is 15.7. The van der Waals surface area contributed by atoms with E-state index in [4.69, 9.17) is 0 Å². The van der Waals surface area contributed by atoms with Crippen LogP contribution in [0.25, 0.3) is 0 Å². The Balaban J connectivity index is 2.15. The largest absolute Gasteiger partial charge is 0.417 e. The van der Waals surface area contributed by atoms with Gasteiger partial charge in [-0.25, -0.2) is 13.2 Å². The highest BCUT2D eigenvalue weighted by Gasteiger charge is 2.36. The molecule has 9 heteroatoms. The van der Waals surface area contributed by atoms with E-state index in [1.54, 1.807) is 11.9 Å². The van der Waals surface area contributed by atoms with Crippen LogP contribution in [0.2, 0.25) is 0 Å². The Morgan fingerprint density at radius 3 is 2.42 bits per heavy atom. The van der Waals surface area contributed by atoms with Crippen LogP contribution < -0.4 is 5.32 Å². The smallest absolute Gasteiger partial charge is 0.334 e. The summed E-state index contributed by atoms with van der Waals surface area (Å²) in [7, 11) is -2.35. The third-order valence-electron chi connectivity index (χ3n) is 4.14. The maximum absolute atomic E-state index is 13.1. The van der Waals surface area contributed by atoms with E-state index >= 15 is 0 Å². The second-order valence-corrected chi connectivity index (χ2v) is 7.94. The van der Waals surface area contributed by atoms with Crippen LogP contribution in [0.4, 0.5) is 18.0 Å². The van der Waals surface area contributed by atoms with E-state index in [1.165, 1.54) is 6.07 Å². The molecule has 1 N–H and O–H groups in total. The van der Waals surface area contributed by atoms with Crippen molar-refractivity contribution in [3.8, 4) is 0 Å². The third kappa shape index (κ3) is 4.19. The average molecular weight is 364 g/mol. The number of urea groups is 1. The van der Waals surface area contributed by atoms with E-state index in [0.717, 1.165) is 37.7 Å². The van der Waals surface area contributed by atoms with E-state index in [0.29, 0.717) is 0 Å². The molecule has 1 fully saturated rings. The van der Waals surface area contributed by atoms with Crippen molar-refractivity contribution in [3.63, 3.8) is 0 Å². The molecule has 134 valence electrons. The third-order valence-corrected chi connectivity index (χ3v) is 5.29. The summed E-state index contributed by atoms with van der Waals surface area (Å²) in [5, 5.41) is 2.55. The quantitative estimate of drug-likeness (QED) is 0.893. The molecule has 0 radical (unpaired) electrons. The molecule has 2 amide bonds. The number of hydrogen-bond acceptors (Lipinski definition) is 3. The molecule has 0 aromatic heterocycles. The van der Waals surface area contributed by atoms with Gasteiger partial charge < -0.3 is 10.2 Å². The summed E-state index contributed by atoms with van der Waals surface area (Å²) in [6.45, 7) is -0.108. The molecule has 1 saturated carbocycles. The van der Waals surface area contributed by atoms with Gasteiger partial charge in [0.2, 0.25) is 0 Å². The highest BCUT2D eigenvalue weighted by atomic mass is 32.2. The first-order valence-corrected chi connectivity index (χ1v) is 9.30. The predicted octanol–water partition coefficient (Wildman–Crippen LogP) is 2.80. The number of nitrogens with one attached hydrogen (secondary N) is 1. The average Bonchev–Trinajstić information content (AvgIpc) is 2.40. The van der Waals surface area contributed by atoms with E-state index in [9.17, 15) is 26.4 Å². The summed E-state index contributed by atoms with van der Waals surface area (Å²) >= 11 is 0. The molecule has 0 heterocycles. The molecule has 0 saturated heterocycles. The van der Waals surface area contributed by atoms with Crippen LogP contribution in [0, 0.1) is 0 Å². The number of hydrogen-bond donors (Lipinski definition) is 1. The number of rotatable bonds is 4. The molecule has 24 heavy (non-hydrogen) atoms. The van der Waals surface area contributed by atoms with Crippen molar-refractivity contribution in [3.05, 3.63) is 29.3 Å². The van der Waals surface area contributed by atoms with Crippen LogP contribution in [-0.2, 0) is 22.6 Å². The van der Waals surface area contributed by atoms with Crippen LogP contribution in [0.5, 0.6) is 0 Å². The van der Waals surface area contributed by atoms with E-state index < -0.39 is 26.5 Å². The number of nitrogens with zero attached hydrogens (tertiary/aromatic N) is 1. The number of halogens is 3. The van der Waals surface area contributed by atoms with Crippen molar-refractivity contribution < 1.29 is 26.4 Å². The Kier molecular flexibility index (Phi) is 5.12. The van der Waals surface area contributed by atoms with Crippen LogP contribution in [0.15, 0.2) is 23.1 Å². The fraction of sp³-hybridized carbons (Fsp3) is 0.533. The molecule has 0 bridgehead atoms. The van der Waals surface area contributed by atoms with Crippen LogP contribution in [-0.4, -0.2) is 38.7 Å². The molecule has 2 rings (SSSR count). The summed E-state index contributed by atoms with van der Waals surface area (Å²) < 4.78 is 62.3. The minimum atomic E-state index is -4.79. The summed E-state index contributed by atoms with van der Waals surface area (Å²) in [4.78, 5) is 12.7. The van der Waals surface area contributed by atoms with Crippen molar-refractivity contribution in [2.75, 3.05) is 13.3 Å². The molecule has 0 unspecified atom stereocenters. The first kappa shape index (κ1) is 18.6. The van der Waals surface area contributed by atoms with Gasteiger partial charge in [-0.2, -0.15) is 13.2 Å². The highest BCUT2D eigenvalue weighted by molar-refractivity contribution is 7.90. The summed E-state index contributed by atoms with van der Waals surface area (Å²) in [6, 6.07) is 2.77. The van der Waals surface area contributed by atoms with Crippen LogP contribution in [0.1, 0.15) is 30.4 Å². The van der Waals surface area contributed by atoms with Crippen molar-refractivity contribution >= 4 is 15.9 Å². The van der Waals surface area contributed by atoms with Gasteiger partial charge in [0.05, 0.1) is 10.5 Å². The van der Waals surface area contributed by atoms with Gasteiger partial charge in [-0.05, 0) is 37.0 Å². The zero-order valence-electron chi connectivity index (χ0n) is 13.4. The second-order valence-electron chi connectivity index (χ2n) is 5.95. The Morgan fingerprint density at radius 2 is 1.96 bits per heavy atom. The molecule has 0 aliphatic heterocycles. The zero-order chi connectivity index (χ0) is 18.1. The van der Waals surface area contributed by atoms with E-state index in [2.05, 4.69) is 5.32 Å². The minimum absolute atomic E-state index is 0.108. The molecule has 1 aliphatic carbocycles. The molecule has 1 aliphatic rings. The van der Waals surface area contributed by atoms with Gasteiger partial charge in [0.15, 0.2) is 9.84 Å². The summed E-state index contributed by atoms with van der Waals surface area (Å²) in [5.41, 5.74) is -1.03. The maximum atomic E-state index is 13.1. The Morgan fingerprint density at radius 1 is 1.33 bits per heavy atom. The lowest BCUT2D eigenvalue weighted by Crippen LogP contribution is -2.46. The number of sulfone groups is 1. The lowest BCUT2D eigenvalue weighted by atomic mass is 9.92. The standard InChI is InChI=1S/C15H19F3N2O3S/c1-20(11-4-3-5-11)14(21)19-9-10-6-7-13(24(2,22)23)12(8-10)15(16,17)18/h6-8,11H,3-5,9H2,1-2H3,(H,19,21). The molecule has 0 spiro atoms. The summed E-state index contributed by atoms with van der Waals surface area (Å²) in [5.74, 6) is 0. The van der Waals surface area contributed by atoms with Crippen molar-refractivity contribution in [1.82, 2.24) is 10.2 Å². The Labute approximate surface area is 138 Å². The number of benzene rings is 1. The van der Waals surface area contributed by atoms with Gasteiger partial charge in [-0.3, -0.25) is 0 Å². The fourth-order valence-corrected chi connectivity index (χ4v) is 3.36. The number of carbonyl (C=O) groups is 1. The number of carbonyl (C=O) groups excluding carboxylic acids is 1. The van der Waals surface area contributed by atoms with Crippen molar-refractivity contribution in [1.29, 1.82) is 0 Å². The first-order chi connectivity index (χ1) is 11.0. The molecular formula is C15H19F3N2O3S. The second kappa shape index (κ2) is 6.62. The monoisotopic (exact) mass is 364 g/mol. The van der Waals surface area contributed by atoms with Crippen molar-refractivity contribution in [2.24, 2.45) is 0 Å². The van der Waals surface area contributed by atoms with E-state index in [1.807, 2.05) is 0 Å². The topological polar surface area (TPSA) is 66.5 Å². The van der Waals surface area contributed by atoms with Crippen LogP contribution >= 0.6 is 0 Å². The predicted molar refractivity (Wildman–Crippen MR) is 82.2 cm³/mol. The lowest BCUT2D eigenvalue weighted by molar-refractivity contribution is -0.139. The van der Waals surface area contributed by atoms with Gasteiger partial charge in [0.1, 0.15) is 0 Å². The van der Waals surface area contributed by atoms with Gasteiger partial charge in [0.25, 0.3) is 0 Å². The zero-order valence-corrected chi connectivity index (χ0v) is 14.2. The Hall–Kier alpha value is -1.77. The Bertz CT molecular complexity index is 728. The fourth-order valence-electron chi connectivity index (χ4n) is 2.47. The SMILES string of the molecule is CN(C(=O)NCc1ccc(S(C)(=O)=O)c(C(F)(F)F)c1)C1CCC1. The molecule has 1 aromatic rings.